The van der Waals surface area contributed by atoms with E-state index >= 15 is 0 Å². The van der Waals surface area contributed by atoms with Crippen LogP contribution in [-0.2, 0) is 6.54 Å². The maximum Gasteiger partial charge on any atom is 0.219 e. The molecular weight excluding hydrogens is 279 g/mol. The highest BCUT2D eigenvalue weighted by atomic mass is 35.5. The van der Waals surface area contributed by atoms with Gasteiger partial charge in [0.15, 0.2) is 0 Å². The van der Waals surface area contributed by atoms with Crippen molar-refractivity contribution in [3.05, 3.63) is 52.9 Å². The molecule has 0 fully saturated rings. The van der Waals surface area contributed by atoms with E-state index in [1.54, 1.807) is 6.07 Å². The van der Waals surface area contributed by atoms with Crippen LogP contribution in [0, 0.1) is 5.82 Å². The van der Waals surface area contributed by atoms with Gasteiger partial charge in [0.2, 0.25) is 5.88 Å². The summed E-state index contributed by atoms with van der Waals surface area (Å²) in [5, 5.41) is 3.31. The van der Waals surface area contributed by atoms with Crippen molar-refractivity contribution in [3.63, 3.8) is 0 Å². The summed E-state index contributed by atoms with van der Waals surface area (Å²) in [4.78, 5) is 4.37. The molecule has 1 heterocycles. The molecule has 0 spiro atoms. The number of nitrogens with zero attached hydrogens (tertiary/aromatic N) is 1. The summed E-state index contributed by atoms with van der Waals surface area (Å²) in [5.74, 6) is 0.440. The van der Waals surface area contributed by atoms with E-state index in [4.69, 9.17) is 16.3 Å². The van der Waals surface area contributed by atoms with Gasteiger partial charge in [-0.15, -0.1) is 0 Å². The molecule has 3 nitrogen and oxygen atoms in total. The van der Waals surface area contributed by atoms with Gasteiger partial charge in [-0.2, -0.15) is 0 Å². The SMILES string of the molecule is CC(C)NCc1cccc(Oc2ccc(F)c(Cl)c2)n1. The molecule has 20 heavy (non-hydrogen) atoms. The fourth-order valence-electron chi connectivity index (χ4n) is 1.58. The molecule has 0 aliphatic carbocycles. The third-order valence-electron chi connectivity index (χ3n) is 2.59. The van der Waals surface area contributed by atoms with Crippen LogP contribution in [0.5, 0.6) is 11.6 Å². The number of benzene rings is 1. The Kier molecular flexibility index (Phi) is 4.93. The van der Waals surface area contributed by atoms with Crippen molar-refractivity contribution in [1.29, 1.82) is 0 Å². The summed E-state index contributed by atoms with van der Waals surface area (Å²) < 4.78 is 18.6. The van der Waals surface area contributed by atoms with Crippen molar-refractivity contribution in [1.82, 2.24) is 10.3 Å². The van der Waals surface area contributed by atoms with E-state index in [0.717, 1.165) is 5.69 Å². The van der Waals surface area contributed by atoms with Crippen LogP contribution in [0.1, 0.15) is 19.5 Å². The molecule has 0 saturated heterocycles. The Morgan fingerprint density at radius 1 is 1.30 bits per heavy atom. The zero-order valence-electron chi connectivity index (χ0n) is 11.4. The first-order valence-electron chi connectivity index (χ1n) is 6.37. The average molecular weight is 295 g/mol. The smallest absolute Gasteiger partial charge is 0.219 e. The minimum atomic E-state index is -0.471. The summed E-state index contributed by atoms with van der Waals surface area (Å²) in [6.45, 7) is 4.81. The molecule has 5 heteroatoms. The maximum absolute atomic E-state index is 13.1. The quantitative estimate of drug-likeness (QED) is 0.899. The van der Waals surface area contributed by atoms with E-state index in [1.807, 2.05) is 12.1 Å². The molecule has 0 aliphatic heterocycles. The summed E-state index contributed by atoms with van der Waals surface area (Å²) in [7, 11) is 0. The van der Waals surface area contributed by atoms with Crippen LogP contribution >= 0.6 is 11.6 Å². The Balaban J connectivity index is 2.08. The average Bonchev–Trinajstić information content (AvgIpc) is 2.41. The molecule has 0 saturated carbocycles. The lowest BCUT2D eigenvalue weighted by Gasteiger charge is -2.09. The van der Waals surface area contributed by atoms with Crippen molar-refractivity contribution in [2.45, 2.75) is 26.4 Å². The largest absolute Gasteiger partial charge is 0.439 e. The standard InChI is InChI=1S/C15H16ClFN2O/c1-10(2)18-9-11-4-3-5-15(19-11)20-12-6-7-14(17)13(16)8-12/h3-8,10,18H,9H2,1-2H3. The third-order valence-corrected chi connectivity index (χ3v) is 2.88. The fraction of sp³-hybridized carbons (Fsp3) is 0.267. The predicted octanol–water partition coefficient (Wildman–Crippen LogP) is 4.16. The predicted molar refractivity (Wildman–Crippen MR) is 77.7 cm³/mol. The first kappa shape index (κ1) is 14.8. The normalized spacial score (nSPS) is 10.8. The van der Waals surface area contributed by atoms with Gasteiger partial charge in [-0.3, -0.25) is 0 Å². The van der Waals surface area contributed by atoms with E-state index < -0.39 is 5.82 Å². The zero-order valence-corrected chi connectivity index (χ0v) is 12.1. The highest BCUT2D eigenvalue weighted by molar-refractivity contribution is 6.30. The number of hydrogen-bond acceptors (Lipinski definition) is 3. The molecule has 0 bridgehead atoms. The van der Waals surface area contributed by atoms with Gasteiger partial charge in [-0.05, 0) is 18.2 Å². The van der Waals surface area contributed by atoms with E-state index in [9.17, 15) is 4.39 Å². The number of hydrogen-bond donors (Lipinski definition) is 1. The van der Waals surface area contributed by atoms with E-state index in [1.165, 1.54) is 18.2 Å². The second-order valence-electron chi connectivity index (χ2n) is 4.68. The molecule has 0 radical (unpaired) electrons. The number of halogens is 2. The Bertz CT molecular complexity index is 590. The van der Waals surface area contributed by atoms with Crippen LogP contribution in [0.4, 0.5) is 4.39 Å². The van der Waals surface area contributed by atoms with E-state index in [2.05, 4.69) is 24.1 Å². The number of aromatic nitrogens is 1. The van der Waals surface area contributed by atoms with Gasteiger partial charge in [0.1, 0.15) is 11.6 Å². The fourth-order valence-corrected chi connectivity index (χ4v) is 1.75. The molecular formula is C15H16ClFN2O. The topological polar surface area (TPSA) is 34.1 Å². The second kappa shape index (κ2) is 6.68. The van der Waals surface area contributed by atoms with Gasteiger partial charge in [0, 0.05) is 24.7 Å². The van der Waals surface area contributed by atoms with Crippen LogP contribution in [-0.4, -0.2) is 11.0 Å². The first-order valence-corrected chi connectivity index (χ1v) is 6.74. The molecule has 0 atom stereocenters. The van der Waals surface area contributed by atoms with Crippen LogP contribution in [0.15, 0.2) is 36.4 Å². The molecule has 0 aliphatic rings. The van der Waals surface area contributed by atoms with Crippen molar-refractivity contribution >= 4 is 11.6 Å². The molecule has 0 amide bonds. The Morgan fingerprint density at radius 2 is 2.10 bits per heavy atom. The Labute approximate surface area is 122 Å². The maximum atomic E-state index is 13.1. The lowest BCUT2D eigenvalue weighted by atomic mass is 10.3. The lowest BCUT2D eigenvalue weighted by Crippen LogP contribution is -2.22. The summed E-state index contributed by atoms with van der Waals surface area (Å²) in [6.07, 6.45) is 0. The summed E-state index contributed by atoms with van der Waals surface area (Å²) in [5.41, 5.74) is 0.879. The van der Waals surface area contributed by atoms with Gasteiger partial charge in [0.25, 0.3) is 0 Å². The number of ether oxygens (including phenoxy) is 1. The van der Waals surface area contributed by atoms with Gasteiger partial charge in [-0.25, -0.2) is 9.37 Å². The minimum Gasteiger partial charge on any atom is -0.439 e. The van der Waals surface area contributed by atoms with Crippen molar-refractivity contribution in [2.75, 3.05) is 0 Å². The van der Waals surface area contributed by atoms with Crippen LogP contribution in [0.25, 0.3) is 0 Å². The van der Waals surface area contributed by atoms with Crippen molar-refractivity contribution in [2.24, 2.45) is 0 Å². The number of nitrogens with one attached hydrogen (secondary N) is 1. The zero-order chi connectivity index (χ0) is 14.5. The monoisotopic (exact) mass is 294 g/mol. The molecule has 1 aromatic carbocycles. The first-order chi connectivity index (χ1) is 9.54. The summed E-state index contributed by atoms with van der Waals surface area (Å²) >= 11 is 5.71. The molecule has 2 rings (SSSR count). The van der Waals surface area contributed by atoms with Gasteiger partial charge >= 0.3 is 0 Å². The highest BCUT2D eigenvalue weighted by Gasteiger charge is 2.05. The van der Waals surface area contributed by atoms with Gasteiger partial charge in [-0.1, -0.05) is 31.5 Å². The third kappa shape index (κ3) is 4.18. The number of pyridine rings is 1. The van der Waals surface area contributed by atoms with Crippen LogP contribution in [0.2, 0.25) is 5.02 Å². The highest BCUT2D eigenvalue weighted by Crippen LogP contribution is 2.25. The lowest BCUT2D eigenvalue weighted by molar-refractivity contribution is 0.457. The second-order valence-corrected chi connectivity index (χ2v) is 5.09. The Morgan fingerprint density at radius 3 is 2.80 bits per heavy atom. The van der Waals surface area contributed by atoms with Crippen LogP contribution < -0.4 is 10.1 Å². The molecule has 1 N–H and O–H groups in total. The molecule has 1 aromatic heterocycles. The van der Waals surface area contributed by atoms with Gasteiger partial charge in [0.05, 0.1) is 10.7 Å². The molecule has 0 unspecified atom stereocenters. The van der Waals surface area contributed by atoms with Crippen molar-refractivity contribution < 1.29 is 9.13 Å². The Hall–Kier alpha value is -1.65. The summed E-state index contributed by atoms with van der Waals surface area (Å²) in [6, 6.07) is 10.1. The molecule has 106 valence electrons. The van der Waals surface area contributed by atoms with E-state index in [0.29, 0.717) is 24.2 Å². The number of rotatable bonds is 5. The van der Waals surface area contributed by atoms with Gasteiger partial charge < -0.3 is 10.1 Å². The van der Waals surface area contributed by atoms with E-state index in [-0.39, 0.29) is 5.02 Å². The molecule has 2 aromatic rings. The van der Waals surface area contributed by atoms with Crippen molar-refractivity contribution in [3.8, 4) is 11.6 Å². The van der Waals surface area contributed by atoms with Crippen LogP contribution in [0.3, 0.4) is 0 Å². The minimum absolute atomic E-state index is 0.0279.